The van der Waals surface area contributed by atoms with E-state index in [-0.39, 0.29) is 10.6 Å². The van der Waals surface area contributed by atoms with Crippen molar-refractivity contribution in [2.75, 3.05) is 0 Å². The van der Waals surface area contributed by atoms with Crippen LogP contribution < -0.4 is 4.74 Å². The zero-order chi connectivity index (χ0) is 14.5. The van der Waals surface area contributed by atoms with E-state index in [2.05, 4.69) is 4.74 Å². The van der Waals surface area contributed by atoms with E-state index >= 15 is 0 Å². The minimum atomic E-state index is -2.86. The first-order valence-electron chi connectivity index (χ1n) is 5.53. The molecule has 7 heteroatoms. The van der Waals surface area contributed by atoms with Gasteiger partial charge in [-0.2, -0.15) is 8.78 Å². The first kappa shape index (κ1) is 14.8. The van der Waals surface area contributed by atoms with Crippen LogP contribution in [0.15, 0.2) is 40.6 Å². The Bertz CT molecular complexity index is 599. The van der Waals surface area contributed by atoms with Gasteiger partial charge in [0.2, 0.25) is 0 Å². The summed E-state index contributed by atoms with van der Waals surface area (Å²) in [5.74, 6) is -0.398. The highest BCUT2D eigenvalue weighted by Crippen LogP contribution is 2.31. The van der Waals surface area contributed by atoms with Crippen LogP contribution in [0.3, 0.4) is 0 Å². The number of para-hydroxylation sites is 1. The Hall–Kier alpha value is -1.60. The Morgan fingerprint density at radius 2 is 2.15 bits per heavy atom. The number of carboxylic acid groups (broad SMARTS) is 1. The quantitative estimate of drug-likeness (QED) is 0.805. The summed E-state index contributed by atoms with van der Waals surface area (Å²) < 4.78 is 29.0. The van der Waals surface area contributed by atoms with Gasteiger partial charge in [0, 0.05) is 21.6 Å². The number of carboxylic acids is 1. The van der Waals surface area contributed by atoms with E-state index in [0.29, 0.717) is 11.3 Å². The normalized spacial score (nSPS) is 10.8. The van der Waals surface area contributed by atoms with Gasteiger partial charge >= 0.3 is 12.6 Å². The van der Waals surface area contributed by atoms with Crippen LogP contribution in [0, 0.1) is 0 Å². The number of ether oxygens (including phenoxy) is 1. The van der Waals surface area contributed by atoms with Crippen molar-refractivity contribution < 1.29 is 23.4 Å². The molecule has 0 unspecified atom stereocenters. The van der Waals surface area contributed by atoms with Crippen molar-refractivity contribution >= 4 is 29.1 Å². The average molecular weight is 316 g/mol. The highest BCUT2D eigenvalue weighted by molar-refractivity contribution is 7.98. The molecule has 2 aromatic rings. The summed E-state index contributed by atoms with van der Waals surface area (Å²) in [7, 11) is 0. The Kier molecular flexibility index (Phi) is 4.97. The average Bonchev–Trinajstić information content (AvgIpc) is 2.86. The van der Waals surface area contributed by atoms with E-state index in [1.165, 1.54) is 17.8 Å². The van der Waals surface area contributed by atoms with Crippen molar-refractivity contribution in [2.45, 2.75) is 17.3 Å². The number of hydrogen-bond acceptors (Lipinski definition) is 4. The fourth-order valence-electron chi connectivity index (χ4n) is 1.50. The summed E-state index contributed by atoms with van der Waals surface area (Å²) in [6.07, 6.45) is 0. The van der Waals surface area contributed by atoms with Crippen molar-refractivity contribution in [2.24, 2.45) is 0 Å². The van der Waals surface area contributed by atoms with E-state index in [9.17, 15) is 13.6 Å². The summed E-state index contributed by atoms with van der Waals surface area (Å²) >= 11 is 2.51. The standard InChI is InChI=1S/C13H10F2O3S2/c14-13(15)18-10-4-2-1-3-8(10)6-19-9-5-11(12(16)17)20-7-9/h1-5,7,13H,6H2,(H,16,17). The monoisotopic (exact) mass is 316 g/mol. The maximum Gasteiger partial charge on any atom is 0.387 e. The van der Waals surface area contributed by atoms with Crippen molar-refractivity contribution in [1.29, 1.82) is 0 Å². The molecule has 20 heavy (non-hydrogen) atoms. The minimum Gasteiger partial charge on any atom is -0.477 e. The highest BCUT2D eigenvalue weighted by Gasteiger charge is 2.11. The first-order chi connectivity index (χ1) is 9.56. The number of alkyl halides is 2. The lowest BCUT2D eigenvalue weighted by Gasteiger charge is -2.09. The maximum absolute atomic E-state index is 12.3. The molecule has 0 spiro atoms. The molecule has 0 radical (unpaired) electrons. The smallest absolute Gasteiger partial charge is 0.387 e. The molecule has 106 valence electrons. The van der Waals surface area contributed by atoms with Gasteiger partial charge in [0.25, 0.3) is 0 Å². The number of halogens is 2. The number of carbonyl (C=O) groups is 1. The number of benzene rings is 1. The Balaban J connectivity index is 2.04. The van der Waals surface area contributed by atoms with E-state index < -0.39 is 12.6 Å². The van der Waals surface area contributed by atoms with Gasteiger partial charge < -0.3 is 9.84 Å². The molecule has 0 aliphatic carbocycles. The van der Waals surface area contributed by atoms with Gasteiger partial charge in [-0.25, -0.2) is 4.79 Å². The van der Waals surface area contributed by atoms with Gasteiger partial charge in [0.05, 0.1) is 0 Å². The van der Waals surface area contributed by atoms with Crippen molar-refractivity contribution in [3.05, 3.63) is 46.2 Å². The molecule has 0 atom stereocenters. The van der Waals surface area contributed by atoms with E-state index in [0.717, 1.165) is 16.2 Å². The van der Waals surface area contributed by atoms with E-state index in [1.54, 1.807) is 29.6 Å². The van der Waals surface area contributed by atoms with Crippen molar-refractivity contribution in [1.82, 2.24) is 0 Å². The van der Waals surface area contributed by atoms with E-state index in [1.807, 2.05) is 0 Å². The number of aromatic carboxylic acids is 1. The molecular formula is C13H10F2O3S2. The first-order valence-corrected chi connectivity index (χ1v) is 7.40. The topological polar surface area (TPSA) is 46.5 Å². The van der Waals surface area contributed by atoms with Crippen LogP contribution in [0.25, 0.3) is 0 Å². The van der Waals surface area contributed by atoms with E-state index in [4.69, 9.17) is 5.11 Å². The molecule has 0 bridgehead atoms. The van der Waals surface area contributed by atoms with Crippen molar-refractivity contribution in [3.8, 4) is 5.75 Å². The molecule has 0 fully saturated rings. The Labute approximate surface area is 122 Å². The maximum atomic E-state index is 12.3. The minimum absolute atomic E-state index is 0.142. The molecule has 0 saturated heterocycles. The van der Waals surface area contributed by atoms with Crippen LogP contribution in [-0.4, -0.2) is 17.7 Å². The fraction of sp³-hybridized carbons (Fsp3) is 0.154. The molecule has 0 saturated carbocycles. The highest BCUT2D eigenvalue weighted by atomic mass is 32.2. The van der Waals surface area contributed by atoms with Gasteiger partial charge in [0.1, 0.15) is 10.6 Å². The molecule has 0 aliphatic rings. The van der Waals surface area contributed by atoms with Gasteiger partial charge in [-0.05, 0) is 12.1 Å². The summed E-state index contributed by atoms with van der Waals surface area (Å²) in [6.45, 7) is -2.86. The van der Waals surface area contributed by atoms with Crippen LogP contribution in [0.5, 0.6) is 5.75 Å². The molecule has 0 amide bonds. The van der Waals surface area contributed by atoms with Gasteiger partial charge in [-0.3, -0.25) is 0 Å². The van der Waals surface area contributed by atoms with Crippen LogP contribution in [0.1, 0.15) is 15.2 Å². The molecule has 2 rings (SSSR count). The summed E-state index contributed by atoms with van der Waals surface area (Å²) in [6, 6.07) is 8.12. The Morgan fingerprint density at radius 3 is 2.80 bits per heavy atom. The summed E-state index contributed by atoms with van der Waals surface area (Å²) in [4.78, 5) is 11.8. The third-order valence-corrected chi connectivity index (χ3v) is 4.46. The molecule has 1 heterocycles. The predicted octanol–water partition coefficient (Wildman–Crippen LogP) is 4.34. The number of rotatable bonds is 6. The molecule has 3 nitrogen and oxygen atoms in total. The van der Waals surface area contributed by atoms with Gasteiger partial charge in [-0.1, -0.05) is 18.2 Å². The zero-order valence-corrected chi connectivity index (χ0v) is 11.7. The van der Waals surface area contributed by atoms with Crippen LogP contribution in [0.2, 0.25) is 0 Å². The predicted molar refractivity (Wildman–Crippen MR) is 73.9 cm³/mol. The summed E-state index contributed by atoms with van der Waals surface area (Å²) in [5, 5.41) is 10.6. The van der Waals surface area contributed by atoms with Crippen LogP contribution in [0.4, 0.5) is 8.78 Å². The number of hydrogen-bond donors (Lipinski definition) is 1. The lowest BCUT2D eigenvalue weighted by atomic mass is 10.2. The second-order valence-electron chi connectivity index (χ2n) is 3.73. The zero-order valence-electron chi connectivity index (χ0n) is 10.1. The third-order valence-electron chi connectivity index (χ3n) is 2.37. The fourth-order valence-corrected chi connectivity index (χ4v) is 3.36. The van der Waals surface area contributed by atoms with Crippen LogP contribution in [-0.2, 0) is 5.75 Å². The molecule has 0 aliphatic heterocycles. The SMILES string of the molecule is O=C(O)c1cc(SCc2ccccc2OC(F)F)cs1. The number of thiophene rings is 1. The Morgan fingerprint density at radius 1 is 1.40 bits per heavy atom. The lowest BCUT2D eigenvalue weighted by Crippen LogP contribution is -2.03. The van der Waals surface area contributed by atoms with Crippen molar-refractivity contribution in [3.63, 3.8) is 0 Å². The molecular weight excluding hydrogens is 306 g/mol. The van der Waals surface area contributed by atoms with Crippen LogP contribution >= 0.6 is 23.1 Å². The third kappa shape index (κ3) is 3.94. The van der Waals surface area contributed by atoms with Gasteiger partial charge in [-0.15, -0.1) is 23.1 Å². The molecule has 1 N–H and O–H groups in total. The largest absolute Gasteiger partial charge is 0.477 e. The second-order valence-corrected chi connectivity index (χ2v) is 5.69. The van der Waals surface area contributed by atoms with Gasteiger partial charge in [0.15, 0.2) is 0 Å². The molecule has 1 aromatic carbocycles. The molecule has 1 aromatic heterocycles. The second kappa shape index (κ2) is 6.71. The summed E-state index contributed by atoms with van der Waals surface area (Å²) in [5.41, 5.74) is 0.640. The lowest BCUT2D eigenvalue weighted by molar-refractivity contribution is -0.0503. The number of thioether (sulfide) groups is 1.